The van der Waals surface area contributed by atoms with Crippen molar-refractivity contribution in [3.8, 4) is 0 Å². The molecule has 1 aromatic rings. The number of aryl methyl sites for hydroxylation is 2. The normalized spacial score (nSPS) is 15.8. The van der Waals surface area contributed by atoms with Gasteiger partial charge in [0.1, 0.15) is 0 Å². The Bertz CT molecular complexity index is 412. The van der Waals surface area contributed by atoms with Crippen LogP contribution < -0.4 is 5.32 Å². The Morgan fingerprint density at radius 1 is 1.26 bits per heavy atom. The van der Waals surface area contributed by atoms with Gasteiger partial charge in [0.15, 0.2) is 0 Å². The molecule has 0 aliphatic carbocycles. The average Bonchev–Trinajstić information content (AvgIpc) is 2.53. The van der Waals surface area contributed by atoms with Crippen LogP contribution in [0.2, 0.25) is 0 Å². The average molecular weight is 265 g/mol. The van der Waals surface area contributed by atoms with Crippen LogP contribution in [0.15, 0.2) is 6.07 Å². The summed E-state index contributed by atoms with van der Waals surface area (Å²) < 4.78 is 2.02. The molecule has 1 N–H and O–H groups in total. The zero-order valence-electron chi connectivity index (χ0n) is 14.0. The van der Waals surface area contributed by atoms with Crippen molar-refractivity contribution >= 4 is 0 Å². The lowest BCUT2D eigenvalue weighted by atomic mass is 9.75. The molecule has 0 saturated heterocycles. The Morgan fingerprint density at radius 3 is 2.21 bits per heavy atom. The molecule has 1 unspecified atom stereocenters. The van der Waals surface area contributed by atoms with E-state index in [0.717, 1.165) is 18.7 Å². The highest BCUT2D eigenvalue weighted by molar-refractivity contribution is 5.11. The van der Waals surface area contributed by atoms with Crippen molar-refractivity contribution in [2.75, 3.05) is 6.54 Å². The van der Waals surface area contributed by atoms with E-state index in [1.165, 1.54) is 5.69 Å². The SMILES string of the molecule is Cc1cc(CC(C)(CNC(C)(C)C)C(C)C)n(C)n1. The monoisotopic (exact) mass is 265 g/mol. The highest BCUT2D eigenvalue weighted by Gasteiger charge is 2.31. The maximum Gasteiger partial charge on any atom is 0.0596 e. The molecule has 0 aliphatic rings. The first-order valence-electron chi connectivity index (χ1n) is 7.28. The first kappa shape index (κ1) is 16.2. The van der Waals surface area contributed by atoms with E-state index in [-0.39, 0.29) is 11.0 Å². The molecule has 0 saturated carbocycles. The molecule has 1 rings (SSSR count). The quantitative estimate of drug-likeness (QED) is 0.885. The summed E-state index contributed by atoms with van der Waals surface area (Å²) >= 11 is 0. The lowest BCUT2D eigenvalue weighted by Gasteiger charge is -2.37. The van der Waals surface area contributed by atoms with Crippen molar-refractivity contribution < 1.29 is 0 Å². The molecule has 0 amide bonds. The van der Waals surface area contributed by atoms with Crippen LogP contribution in [-0.4, -0.2) is 21.9 Å². The molecular formula is C16H31N3. The largest absolute Gasteiger partial charge is 0.312 e. The fourth-order valence-electron chi connectivity index (χ4n) is 2.18. The highest BCUT2D eigenvalue weighted by Crippen LogP contribution is 2.31. The third kappa shape index (κ3) is 4.64. The predicted octanol–water partition coefficient (Wildman–Crippen LogP) is 3.32. The van der Waals surface area contributed by atoms with Crippen LogP contribution in [0.25, 0.3) is 0 Å². The van der Waals surface area contributed by atoms with Gasteiger partial charge in [0.05, 0.1) is 5.69 Å². The lowest BCUT2D eigenvalue weighted by Crippen LogP contribution is -2.46. The molecular weight excluding hydrogens is 234 g/mol. The third-order valence-electron chi connectivity index (χ3n) is 4.10. The second kappa shape index (κ2) is 5.66. The van der Waals surface area contributed by atoms with Crippen molar-refractivity contribution in [1.82, 2.24) is 15.1 Å². The smallest absolute Gasteiger partial charge is 0.0596 e. The number of hydrogen-bond donors (Lipinski definition) is 1. The van der Waals surface area contributed by atoms with E-state index in [2.05, 4.69) is 64.9 Å². The summed E-state index contributed by atoms with van der Waals surface area (Å²) in [7, 11) is 2.04. The van der Waals surface area contributed by atoms with E-state index in [0.29, 0.717) is 5.92 Å². The predicted molar refractivity (Wildman–Crippen MR) is 82.3 cm³/mol. The lowest BCUT2D eigenvalue weighted by molar-refractivity contribution is 0.184. The zero-order valence-corrected chi connectivity index (χ0v) is 14.0. The molecule has 19 heavy (non-hydrogen) atoms. The second-order valence-electron chi connectivity index (χ2n) is 7.49. The van der Waals surface area contributed by atoms with Gasteiger partial charge in [-0.2, -0.15) is 5.10 Å². The molecule has 0 aromatic carbocycles. The molecule has 0 spiro atoms. The highest BCUT2D eigenvalue weighted by atomic mass is 15.3. The van der Waals surface area contributed by atoms with E-state index >= 15 is 0 Å². The van der Waals surface area contributed by atoms with Crippen molar-refractivity contribution in [2.45, 2.75) is 60.4 Å². The van der Waals surface area contributed by atoms with Gasteiger partial charge in [0.2, 0.25) is 0 Å². The summed E-state index contributed by atoms with van der Waals surface area (Å²) in [6.45, 7) is 16.8. The standard InChI is InChI=1S/C16H31N3/c1-12(2)16(7,11-17-15(4,5)6)10-14-9-13(3)18-19(14)8/h9,12,17H,10-11H2,1-8H3. The minimum Gasteiger partial charge on any atom is -0.312 e. The Labute approximate surface area is 118 Å². The molecule has 0 bridgehead atoms. The zero-order chi connectivity index (χ0) is 14.8. The first-order chi connectivity index (χ1) is 8.53. The van der Waals surface area contributed by atoms with Gasteiger partial charge in [0.25, 0.3) is 0 Å². The fourth-order valence-corrected chi connectivity index (χ4v) is 2.18. The third-order valence-corrected chi connectivity index (χ3v) is 4.10. The van der Waals surface area contributed by atoms with E-state index in [1.54, 1.807) is 0 Å². The van der Waals surface area contributed by atoms with Crippen molar-refractivity contribution in [3.05, 3.63) is 17.5 Å². The van der Waals surface area contributed by atoms with Crippen molar-refractivity contribution in [3.63, 3.8) is 0 Å². The van der Waals surface area contributed by atoms with E-state index < -0.39 is 0 Å². The van der Waals surface area contributed by atoms with Gasteiger partial charge in [-0.15, -0.1) is 0 Å². The summed E-state index contributed by atoms with van der Waals surface area (Å²) in [5.74, 6) is 0.623. The van der Waals surface area contributed by atoms with Crippen LogP contribution in [0.1, 0.15) is 52.9 Å². The summed E-state index contributed by atoms with van der Waals surface area (Å²) in [5.41, 5.74) is 2.84. The molecule has 3 nitrogen and oxygen atoms in total. The molecule has 0 aliphatic heterocycles. The Kier molecular flexibility index (Phi) is 4.83. The van der Waals surface area contributed by atoms with Gasteiger partial charge in [-0.3, -0.25) is 4.68 Å². The Morgan fingerprint density at radius 2 is 1.84 bits per heavy atom. The fraction of sp³-hybridized carbons (Fsp3) is 0.812. The number of nitrogens with one attached hydrogen (secondary N) is 1. The van der Waals surface area contributed by atoms with Gasteiger partial charge in [-0.05, 0) is 51.5 Å². The maximum atomic E-state index is 4.46. The molecule has 0 radical (unpaired) electrons. The number of rotatable bonds is 5. The van der Waals surface area contributed by atoms with Crippen molar-refractivity contribution in [2.24, 2.45) is 18.4 Å². The topological polar surface area (TPSA) is 29.9 Å². The maximum absolute atomic E-state index is 4.46. The number of nitrogens with zero attached hydrogens (tertiary/aromatic N) is 2. The second-order valence-corrected chi connectivity index (χ2v) is 7.49. The Hall–Kier alpha value is -0.830. The molecule has 1 heterocycles. The van der Waals surface area contributed by atoms with Gasteiger partial charge >= 0.3 is 0 Å². The van der Waals surface area contributed by atoms with Crippen LogP contribution in [0, 0.1) is 18.3 Å². The molecule has 1 atom stereocenters. The summed E-state index contributed by atoms with van der Waals surface area (Å²) in [6.07, 6.45) is 1.06. The number of hydrogen-bond acceptors (Lipinski definition) is 2. The summed E-state index contributed by atoms with van der Waals surface area (Å²) in [6, 6.07) is 2.21. The van der Waals surface area contributed by atoms with Gasteiger partial charge in [0, 0.05) is 24.8 Å². The van der Waals surface area contributed by atoms with Crippen LogP contribution in [0.5, 0.6) is 0 Å². The van der Waals surface area contributed by atoms with E-state index in [9.17, 15) is 0 Å². The van der Waals surface area contributed by atoms with E-state index in [1.807, 2.05) is 11.7 Å². The van der Waals surface area contributed by atoms with Gasteiger partial charge < -0.3 is 5.32 Å². The van der Waals surface area contributed by atoms with Crippen LogP contribution in [-0.2, 0) is 13.5 Å². The Balaban J connectivity index is 2.85. The van der Waals surface area contributed by atoms with Crippen LogP contribution in [0.3, 0.4) is 0 Å². The van der Waals surface area contributed by atoms with Gasteiger partial charge in [-0.1, -0.05) is 20.8 Å². The molecule has 110 valence electrons. The molecule has 1 aromatic heterocycles. The minimum atomic E-state index is 0.165. The molecule has 3 heteroatoms. The number of aromatic nitrogens is 2. The molecule has 0 fully saturated rings. The first-order valence-corrected chi connectivity index (χ1v) is 7.28. The summed E-state index contributed by atoms with van der Waals surface area (Å²) in [5, 5.41) is 8.12. The van der Waals surface area contributed by atoms with Crippen LogP contribution >= 0.6 is 0 Å². The van der Waals surface area contributed by atoms with Gasteiger partial charge in [-0.25, -0.2) is 0 Å². The minimum absolute atomic E-state index is 0.165. The summed E-state index contributed by atoms with van der Waals surface area (Å²) in [4.78, 5) is 0. The van der Waals surface area contributed by atoms with E-state index in [4.69, 9.17) is 0 Å². The van der Waals surface area contributed by atoms with Crippen molar-refractivity contribution in [1.29, 1.82) is 0 Å². The van der Waals surface area contributed by atoms with Crippen LogP contribution in [0.4, 0.5) is 0 Å².